The Labute approximate surface area is 103 Å². The van der Waals surface area contributed by atoms with E-state index in [0.717, 1.165) is 6.07 Å². The maximum atomic E-state index is 12.8. The predicted octanol–water partition coefficient (Wildman–Crippen LogP) is 2.94. The Bertz CT molecular complexity index is 412. The van der Waals surface area contributed by atoms with Crippen LogP contribution in [0.1, 0.15) is 29.4 Å². The lowest BCUT2D eigenvalue weighted by molar-refractivity contribution is 0.0511. The number of carbonyl (C=O) groups excluding carboxylic acids is 1. The molecule has 0 amide bonds. The Kier molecular flexibility index (Phi) is 4.51. The number of alkyl halides is 2. The van der Waals surface area contributed by atoms with Crippen LogP contribution in [-0.2, 0) is 4.74 Å². The van der Waals surface area contributed by atoms with Gasteiger partial charge in [0.2, 0.25) is 5.95 Å². The lowest BCUT2D eigenvalue weighted by Crippen LogP contribution is -2.13. The maximum Gasteiger partial charge on any atom is 0.341 e. The first-order valence-electron chi connectivity index (χ1n) is 4.28. The molecular formula is C9H7F3INO2. The van der Waals surface area contributed by atoms with Gasteiger partial charge in [0.25, 0.3) is 6.43 Å². The number of hydrogen-bond donors (Lipinski definition) is 0. The van der Waals surface area contributed by atoms with E-state index in [-0.39, 0.29) is 15.7 Å². The van der Waals surface area contributed by atoms with Crippen LogP contribution in [0, 0.1) is 9.52 Å². The second-order valence-electron chi connectivity index (χ2n) is 2.71. The highest BCUT2D eigenvalue weighted by Gasteiger charge is 2.25. The molecule has 0 bridgehead atoms. The molecule has 88 valence electrons. The van der Waals surface area contributed by atoms with Crippen LogP contribution in [0.15, 0.2) is 6.07 Å². The van der Waals surface area contributed by atoms with E-state index < -0.39 is 24.0 Å². The van der Waals surface area contributed by atoms with Crippen molar-refractivity contribution in [2.75, 3.05) is 6.61 Å². The summed E-state index contributed by atoms with van der Waals surface area (Å²) in [5.41, 5.74) is -1.26. The van der Waals surface area contributed by atoms with Crippen molar-refractivity contribution in [3.63, 3.8) is 0 Å². The molecule has 0 radical (unpaired) electrons. The van der Waals surface area contributed by atoms with E-state index in [1.165, 1.54) is 0 Å². The highest BCUT2D eigenvalue weighted by molar-refractivity contribution is 14.1. The Morgan fingerprint density at radius 1 is 1.62 bits per heavy atom. The average Bonchev–Trinajstić information content (AvgIpc) is 2.16. The van der Waals surface area contributed by atoms with Crippen LogP contribution in [-0.4, -0.2) is 17.6 Å². The summed E-state index contributed by atoms with van der Waals surface area (Å²) in [6.07, 6.45) is -3.02. The number of rotatable bonds is 3. The monoisotopic (exact) mass is 345 g/mol. The van der Waals surface area contributed by atoms with Crippen molar-refractivity contribution in [1.82, 2.24) is 4.98 Å². The molecule has 0 unspecified atom stereocenters. The summed E-state index contributed by atoms with van der Waals surface area (Å²) < 4.78 is 42.6. The fourth-order valence-electron chi connectivity index (χ4n) is 1.07. The zero-order valence-corrected chi connectivity index (χ0v) is 10.3. The van der Waals surface area contributed by atoms with Crippen LogP contribution in [0.2, 0.25) is 0 Å². The van der Waals surface area contributed by atoms with Crippen molar-refractivity contribution in [3.05, 3.63) is 26.8 Å². The first-order chi connectivity index (χ1) is 7.47. The van der Waals surface area contributed by atoms with E-state index in [4.69, 9.17) is 0 Å². The Morgan fingerprint density at radius 3 is 2.75 bits per heavy atom. The van der Waals surface area contributed by atoms with E-state index in [0.29, 0.717) is 0 Å². The molecule has 3 nitrogen and oxygen atoms in total. The molecule has 0 aromatic carbocycles. The summed E-state index contributed by atoms with van der Waals surface area (Å²) in [6, 6.07) is 0.901. The Hall–Kier alpha value is -0.860. The third-order valence-corrected chi connectivity index (χ3v) is 2.51. The van der Waals surface area contributed by atoms with Gasteiger partial charge in [-0.15, -0.1) is 0 Å². The van der Waals surface area contributed by atoms with Gasteiger partial charge in [-0.05, 0) is 29.5 Å². The van der Waals surface area contributed by atoms with Crippen LogP contribution in [0.25, 0.3) is 0 Å². The quantitative estimate of drug-likeness (QED) is 0.480. The third-order valence-electron chi connectivity index (χ3n) is 1.65. The highest BCUT2D eigenvalue weighted by Crippen LogP contribution is 2.26. The molecule has 0 atom stereocenters. The minimum atomic E-state index is -3.02. The van der Waals surface area contributed by atoms with Gasteiger partial charge in [-0.1, -0.05) is 0 Å². The van der Waals surface area contributed by atoms with Crippen LogP contribution >= 0.6 is 22.6 Å². The molecule has 0 aliphatic heterocycles. The number of carbonyl (C=O) groups is 1. The minimum Gasteiger partial charge on any atom is -0.462 e. The first-order valence-corrected chi connectivity index (χ1v) is 5.36. The molecular weight excluding hydrogens is 338 g/mol. The van der Waals surface area contributed by atoms with Crippen LogP contribution < -0.4 is 0 Å². The van der Waals surface area contributed by atoms with Crippen molar-refractivity contribution in [2.45, 2.75) is 13.3 Å². The van der Waals surface area contributed by atoms with Gasteiger partial charge < -0.3 is 4.74 Å². The van der Waals surface area contributed by atoms with Crippen molar-refractivity contribution >= 4 is 28.6 Å². The summed E-state index contributed by atoms with van der Waals surface area (Å²) in [4.78, 5) is 14.4. The zero-order chi connectivity index (χ0) is 12.3. The SMILES string of the molecule is CCOC(=O)c1c(I)cc(F)nc1C(F)F. The topological polar surface area (TPSA) is 39.2 Å². The number of hydrogen-bond acceptors (Lipinski definition) is 3. The largest absolute Gasteiger partial charge is 0.462 e. The molecule has 1 rings (SSSR count). The zero-order valence-electron chi connectivity index (χ0n) is 8.14. The van der Waals surface area contributed by atoms with Gasteiger partial charge in [-0.3, -0.25) is 0 Å². The van der Waals surface area contributed by atoms with Crippen molar-refractivity contribution in [2.24, 2.45) is 0 Å². The second kappa shape index (κ2) is 5.46. The number of ether oxygens (including phenoxy) is 1. The van der Waals surface area contributed by atoms with Crippen LogP contribution in [0.4, 0.5) is 13.2 Å². The van der Waals surface area contributed by atoms with Crippen LogP contribution in [0.3, 0.4) is 0 Å². The van der Waals surface area contributed by atoms with Gasteiger partial charge >= 0.3 is 5.97 Å². The molecule has 0 aliphatic carbocycles. The molecule has 1 aromatic rings. The van der Waals surface area contributed by atoms with Crippen molar-refractivity contribution in [1.29, 1.82) is 0 Å². The van der Waals surface area contributed by atoms with E-state index >= 15 is 0 Å². The smallest absolute Gasteiger partial charge is 0.341 e. The van der Waals surface area contributed by atoms with Gasteiger partial charge in [-0.25, -0.2) is 18.6 Å². The van der Waals surface area contributed by atoms with E-state index in [2.05, 4.69) is 9.72 Å². The van der Waals surface area contributed by atoms with Gasteiger partial charge in [0.15, 0.2) is 0 Å². The summed E-state index contributed by atoms with van der Waals surface area (Å²) in [5, 5.41) is 0. The number of pyridine rings is 1. The molecule has 7 heteroatoms. The summed E-state index contributed by atoms with van der Waals surface area (Å²) >= 11 is 1.59. The number of nitrogens with zero attached hydrogens (tertiary/aromatic N) is 1. The van der Waals surface area contributed by atoms with Gasteiger partial charge in [0, 0.05) is 9.64 Å². The fourth-order valence-corrected chi connectivity index (χ4v) is 1.82. The summed E-state index contributed by atoms with van der Waals surface area (Å²) in [5.74, 6) is -1.97. The van der Waals surface area contributed by atoms with Crippen LogP contribution in [0.5, 0.6) is 0 Å². The van der Waals surface area contributed by atoms with E-state index in [9.17, 15) is 18.0 Å². The summed E-state index contributed by atoms with van der Waals surface area (Å²) in [7, 11) is 0. The third kappa shape index (κ3) is 2.83. The number of esters is 1. The molecule has 0 spiro atoms. The Balaban J connectivity index is 3.29. The second-order valence-corrected chi connectivity index (χ2v) is 3.87. The van der Waals surface area contributed by atoms with E-state index in [1.807, 2.05) is 0 Å². The average molecular weight is 345 g/mol. The van der Waals surface area contributed by atoms with Gasteiger partial charge in [-0.2, -0.15) is 4.39 Å². The molecule has 1 heterocycles. The molecule has 0 saturated heterocycles. The predicted molar refractivity (Wildman–Crippen MR) is 57.8 cm³/mol. The molecule has 0 fully saturated rings. The Morgan fingerprint density at radius 2 is 2.25 bits per heavy atom. The normalized spacial score (nSPS) is 10.6. The standard InChI is InChI=1S/C9H7F3INO2/c1-2-16-9(15)6-4(13)3-5(10)14-7(6)8(11)12/h3,8H,2H2,1H3. The van der Waals surface area contributed by atoms with Crippen molar-refractivity contribution in [3.8, 4) is 0 Å². The van der Waals surface area contributed by atoms with Gasteiger partial charge in [0.1, 0.15) is 11.3 Å². The molecule has 0 N–H and O–H groups in total. The number of halogens is 4. The lowest BCUT2D eigenvalue weighted by Gasteiger charge is -2.09. The molecule has 0 saturated carbocycles. The minimum absolute atomic E-state index is 0.0506. The first kappa shape index (κ1) is 13.2. The number of aromatic nitrogens is 1. The highest BCUT2D eigenvalue weighted by atomic mass is 127. The molecule has 1 aromatic heterocycles. The summed E-state index contributed by atoms with van der Waals surface area (Å²) in [6.45, 7) is 1.60. The maximum absolute atomic E-state index is 12.8. The van der Waals surface area contributed by atoms with E-state index in [1.54, 1.807) is 29.5 Å². The van der Waals surface area contributed by atoms with Crippen molar-refractivity contribution < 1.29 is 22.7 Å². The van der Waals surface area contributed by atoms with Gasteiger partial charge in [0.05, 0.1) is 6.61 Å². The molecule has 0 aliphatic rings. The fraction of sp³-hybridized carbons (Fsp3) is 0.333. The lowest BCUT2D eigenvalue weighted by atomic mass is 10.2. The molecule has 16 heavy (non-hydrogen) atoms.